The standard InChI is InChI=1S/C10H20N2O8/c11-4(1-7(16)17)10(20)12-2-5(14)8(18)9(19)6(15)3-13/h4-6,8-9,13-15,18-19H,1-3,11H2,(H,12,20)(H,16,17)/t4-,5-,6+,8+,9+/m0/s1. The summed E-state index contributed by atoms with van der Waals surface area (Å²) in [6.07, 6.45) is -7.50. The summed E-state index contributed by atoms with van der Waals surface area (Å²) in [4.78, 5) is 21.6. The van der Waals surface area contributed by atoms with E-state index in [0.29, 0.717) is 0 Å². The molecule has 0 saturated heterocycles. The summed E-state index contributed by atoms with van der Waals surface area (Å²) in [7, 11) is 0. The largest absolute Gasteiger partial charge is 0.481 e. The van der Waals surface area contributed by atoms with Gasteiger partial charge in [0, 0.05) is 6.54 Å². The minimum Gasteiger partial charge on any atom is -0.481 e. The third-order valence-corrected chi connectivity index (χ3v) is 2.54. The predicted molar refractivity (Wildman–Crippen MR) is 64.4 cm³/mol. The molecule has 0 heterocycles. The van der Waals surface area contributed by atoms with Crippen LogP contribution < -0.4 is 11.1 Å². The van der Waals surface area contributed by atoms with Crippen molar-refractivity contribution in [3.05, 3.63) is 0 Å². The Balaban J connectivity index is 4.24. The van der Waals surface area contributed by atoms with Gasteiger partial charge in [-0.1, -0.05) is 0 Å². The number of hydrogen-bond donors (Lipinski definition) is 8. The smallest absolute Gasteiger partial charge is 0.305 e. The fourth-order valence-corrected chi connectivity index (χ4v) is 1.30. The van der Waals surface area contributed by atoms with E-state index in [0.717, 1.165) is 0 Å². The van der Waals surface area contributed by atoms with Crippen LogP contribution in [-0.2, 0) is 9.59 Å². The highest BCUT2D eigenvalue weighted by Crippen LogP contribution is 2.04. The number of nitrogens with one attached hydrogen (secondary N) is 1. The van der Waals surface area contributed by atoms with Crippen molar-refractivity contribution in [1.82, 2.24) is 5.32 Å². The van der Waals surface area contributed by atoms with Crippen LogP contribution in [0.1, 0.15) is 6.42 Å². The quantitative estimate of drug-likeness (QED) is 0.206. The van der Waals surface area contributed by atoms with Crippen molar-refractivity contribution in [3.8, 4) is 0 Å². The van der Waals surface area contributed by atoms with Crippen molar-refractivity contribution < 1.29 is 40.2 Å². The lowest BCUT2D eigenvalue weighted by atomic mass is 10.0. The minimum atomic E-state index is -1.81. The molecule has 9 N–H and O–H groups in total. The van der Waals surface area contributed by atoms with Crippen LogP contribution in [0.2, 0.25) is 0 Å². The van der Waals surface area contributed by atoms with Gasteiger partial charge >= 0.3 is 5.97 Å². The molecule has 0 fully saturated rings. The molecular formula is C10H20N2O8. The Bertz CT molecular complexity index is 326. The van der Waals surface area contributed by atoms with E-state index in [-0.39, 0.29) is 0 Å². The number of nitrogens with two attached hydrogens (primary N) is 1. The van der Waals surface area contributed by atoms with Gasteiger partial charge in [0.1, 0.15) is 18.3 Å². The van der Waals surface area contributed by atoms with Crippen LogP contribution >= 0.6 is 0 Å². The van der Waals surface area contributed by atoms with Crippen LogP contribution in [0.4, 0.5) is 0 Å². The zero-order valence-corrected chi connectivity index (χ0v) is 10.6. The number of amides is 1. The number of hydrogen-bond acceptors (Lipinski definition) is 8. The number of aliphatic carboxylic acids is 1. The van der Waals surface area contributed by atoms with E-state index in [1.165, 1.54) is 0 Å². The van der Waals surface area contributed by atoms with Crippen LogP contribution in [0.3, 0.4) is 0 Å². The van der Waals surface area contributed by atoms with Gasteiger partial charge in [-0.25, -0.2) is 0 Å². The van der Waals surface area contributed by atoms with Crippen molar-refractivity contribution >= 4 is 11.9 Å². The van der Waals surface area contributed by atoms with Crippen LogP contribution in [0, 0.1) is 0 Å². The molecule has 0 radical (unpaired) electrons. The van der Waals surface area contributed by atoms with Gasteiger partial charge in [-0.05, 0) is 0 Å². The molecule has 10 nitrogen and oxygen atoms in total. The van der Waals surface area contributed by atoms with Crippen molar-refractivity contribution in [2.45, 2.75) is 36.9 Å². The highest BCUT2D eigenvalue weighted by atomic mass is 16.4. The highest BCUT2D eigenvalue weighted by molar-refractivity contribution is 5.85. The number of aliphatic hydroxyl groups is 5. The second-order valence-corrected chi connectivity index (χ2v) is 4.25. The molecule has 20 heavy (non-hydrogen) atoms. The normalized spacial score (nSPS) is 18.7. The summed E-state index contributed by atoms with van der Waals surface area (Å²) in [5.74, 6) is -2.12. The van der Waals surface area contributed by atoms with Gasteiger partial charge in [0.05, 0.1) is 25.2 Å². The number of carbonyl (C=O) groups is 2. The first-order valence-corrected chi connectivity index (χ1v) is 5.78. The average molecular weight is 296 g/mol. The Hall–Kier alpha value is -1.30. The minimum absolute atomic E-state index is 0.511. The SMILES string of the molecule is N[C@@H](CC(=O)O)C(=O)NC[C@H](O)[C@@H](O)[C@H](O)[C@H](O)CO. The topological polar surface area (TPSA) is 194 Å². The number of carboxylic acid groups (broad SMARTS) is 1. The molecule has 0 aliphatic carbocycles. The molecule has 0 aromatic carbocycles. The fourth-order valence-electron chi connectivity index (χ4n) is 1.30. The molecule has 0 bridgehead atoms. The molecular weight excluding hydrogens is 276 g/mol. The van der Waals surface area contributed by atoms with Crippen LogP contribution in [0.25, 0.3) is 0 Å². The zero-order valence-electron chi connectivity index (χ0n) is 10.6. The summed E-state index contributed by atoms with van der Waals surface area (Å²) in [5, 5.41) is 56.4. The number of carbonyl (C=O) groups excluding carboxylic acids is 1. The summed E-state index contributed by atoms with van der Waals surface area (Å²) in [5.41, 5.74) is 5.25. The molecule has 10 heteroatoms. The molecule has 0 saturated carbocycles. The molecule has 0 aliphatic rings. The van der Waals surface area contributed by atoms with Gasteiger partial charge in [-0.3, -0.25) is 9.59 Å². The summed E-state index contributed by atoms with van der Waals surface area (Å²) in [6.45, 7) is -1.33. The Morgan fingerprint density at radius 1 is 1.05 bits per heavy atom. The number of aliphatic hydroxyl groups excluding tert-OH is 5. The third kappa shape index (κ3) is 6.23. The number of rotatable bonds is 9. The van der Waals surface area contributed by atoms with Crippen molar-refractivity contribution in [2.24, 2.45) is 5.73 Å². The Labute approximate surface area is 114 Å². The lowest BCUT2D eigenvalue weighted by Crippen LogP contribution is -2.51. The molecule has 0 spiro atoms. The first-order valence-electron chi connectivity index (χ1n) is 5.78. The third-order valence-electron chi connectivity index (χ3n) is 2.54. The first kappa shape index (κ1) is 18.7. The molecule has 1 amide bonds. The average Bonchev–Trinajstić information content (AvgIpc) is 2.40. The van der Waals surface area contributed by atoms with Crippen molar-refractivity contribution in [2.75, 3.05) is 13.2 Å². The monoisotopic (exact) mass is 296 g/mol. The Morgan fingerprint density at radius 2 is 1.55 bits per heavy atom. The lowest BCUT2D eigenvalue weighted by Gasteiger charge is -2.26. The lowest BCUT2D eigenvalue weighted by molar-refractivity contribution is -0.139. The van der Waals surface area contributed by atoms with Gasteiger partial charge < -0.3 is 41.7 Å². The van der Waals surface area contributed by atoms with E-state index in [2.05, 4.69) is 5.32 Å². The van der Waals surface area contributed by atoms with E-state index in [1.807, 2.05) is 0 Å². The van der Waals surface area contributed by atoms with E-state index in [4.69, 9.17) is 21.1 Å². The summed E-state index contributed by atoms with van der Waals surface area (Å²) < 4.78 is 0. The molecule has 0 aromatic heterocycles. The van der Waals surface area contributed by atoms with Crippen molar-refractivity contribution in [1.29, 1.82) is 0 Å². The second kappa shape index (κ2) is 8.79. The van der Waals surface area contributed by atoms with E-state index in [9.17, 15) is 24.9 Å². The molecule has 0 aromatic rings. The van der Waals surface area contributed by atoms with E-state index < -0.39 is 61.9 Å². The van der Waals surface area contributed by atoms with Gasteiger partial charge in [0.25, 0.3) is 0 Å². The van der Waals surface area contributed by atoms with E-state index >= 15 is 0 Å². The zero-order chi connectivity index (χ0) is 15.9. The Morgan fingerprint density at radius 3 is 2.00 bits per heavy atom. The Kier molecular flexibility index (Phi) is 8.22. The maximum atomic E-state index is 11.3. The van der Waals surface area contributed by atoms with Gasteiger partial charge in [0.15, 0.2) is 0 Å². The molecule has 118 valence electrons. The molecule has 0 rings (SSSR count). The van der Waals surface area contributed by atoms with Crippen molar-refractivity contribution in [3.63, 3.8) is 0 Å². The van der Waals surface area contributed by atoms with Gasteiger partial charge in [-0.15, -0.1) is 0 Å². The molecule has 0 unspecified atom stereocenters. The van der Waals surface area contributed by atoms with Crippen LogP contribution in [0.5, 0.6) is 0 Å². The van der Waals surface area contributed by atoms with Crippen LogP contribution in [0.15, 0.2) is 0 Å². The van der Waals surface area contributed by atoms with Gasteiger partial charge in [-0.2, -0.15) is 0 Å². The molecule has 0 aliphatic heterocycles. The fraction of sp³-hybridized carbons (Fsp3) is 0.800. The second-order valence-electron chi connectivity index (χ2n) is 4.25. The maximum Gasteiger partial charge on any atom is 0.305 e. The highest BCUT2D eigenvalue weighted by Gasteiger charge is 2.30. The first-order chi connectivity index (χ1) is 9.20. The number of carboxylic acids is 1. The van der Waals surface area contributed by atoms with E-state index in [1.54, 1.807) is 0 Å². The summed E-state index contributed by atoms with van der Waals surface area (Å²) in [6, 6.07) is -1.32. The summed E-state index contributed by atoms with van der Waals surface area (Å²) >= 11 is 0. The van der Waals surface area contributed by atoms with Gasteiger partial charge in [0.2, 0.25) is 5.91 Å². The predicted octanol–water partition coefficient (Wildman–Crippen LogP) is -4.66. The maximum absolute atomic E-state index is 11.3. The molecule has 5 atom stereocenters. The van der Waals surface area contributed by atoms with Crippen LogP contribution in [-0.4, -0.2) is 86.1 Å².